The number of benzene rings is 1. The van der Waals surface area contributed by atoms with Crippen molar-refractivity contribution < 1.29 is 9.84 Å². The Labute approximate surface area is 124 Å². The van der Waals surface area contributed by atoms with Crippen molar-refractivity contribution in [1.82, 2.24) is 4.98 Å². The first-order valence-corrected chi connectivity index (χ1v) is 7.89. The number of aryl methyl sites for hydroxylation is 1. The molecule has 1 N–H and O–H groups in total. The molecule has 1 atom stereocenters. The SMILES string of the molecule is CCCCOc1ccc(C(O)Cc2nc(C)cs2)cc1. The number of thiazole rings is 1. The minimum atomic E-state index is -0.509. The summed E-state index contributed by atoms with van der Waals surface area (Å²) >= 11 is 1.59. The molecule has 0 aliphatic carbocycles. The zero-order valence-electron chi connectivity index (χ0n) is 12.0. The summed E-state index contributed by atoms with van der Waals surface area (Å²) in [6.07, 6.45) is 2.25. The summed E-state index contributed by atoms with van der Waals surface area (Å²) in [4.78, 5) is 4.38. The van der Waals surface area contributed by atoms with Crippen molar-refractivity contribution >= 4 is 11.3 Å². The maximum Gasteiger partial charge on any atom is 0.119 e. The average molecular weight is 291 g/mol. The Morgan fingerprint density at radius 2 is 2.05 bits per heavy atom. The number of aliphatic hydroxyl groups is 1. The molecule has 1 unspecified atom stereocenters. The van der Waals surface area contributed by atoms with Crippen LogP contribution in [0.15, 0.2) is 29.6 Å². The van der Waals surface area contributed by atoms with Gasteiger partial charge in [0.2, 0.25) is 0 Å². The van der Waals surface area contributed by atoms with Gasteiger partial charge in [-0.2, -0.15) is 0 Å². The third kappa shape index (κ3) is 4.32. The Morgan fingerprint density at radius 3 is 2.65 bits per heavy atom. The molecular formula is C16H21NO2S. The van der Waals surface area contributed by atoms with Crippen LogP contribution in [0, 0.1) is 6.92 Å². The molecule has 3 nitrogen and oxygen atoms in total. The molecule has 4 heteroatoms. The molecule has 2 aromatic rings. The summed E-state index contributed by atoms with van der Waals surface area (Å²) in [6.45, 7) is 4.86. The van der Waals surface area contributed by atoms with Crippen LogP contribution in [-0.4, -0.2) is 16.7 Å². The second kappa shape index (κ2) is 7.41. The Morgan fingerprint density at radius 1 is 1.30 bits per heavy atom. The van der Waals surface area contributed by atoms with Crippen LogP contribution in [-0.2, 0) is 6.42 Å². The number of hydrogen-bond donors (Lipinski definition) is 1. The molecule has 1 aromatic carbocycles. The van der Waals surface area contributed by atoms with Gasteiger partial charge in [0.25, 0.3) is 0 Å². The van der Waals surface area contributed by atoms with E-state index in [9.17, 15) is 5.11 Å². The summed E-state index contributed by atoms with van der Waals surface area (Å²) in [6, 6.07) is 7.68. The lowest BCUT2D eigenvalue weighted by Crippen LogP contribution is -2.02. The smallest absolute Gasteiger partial charge is 0.119 e. The van der Waals surface area contributed by atoms with Crippen LogP contribution in [0.3, 0.4) is 0 Å². The second-order valence-corrected chi connectivity index (χ2v) is 5.82. The van der Waals surface area contributed by atoms with Crippen LogP contribution < -0.4 is 4.74 Å². The molecule has 0 amide bonds. The molecule has 0 aliphatic heterocycles. The van der Waals surface area contributed by atoms with Gasteiger partial charge in [-0.25, -0.2) is 4.98 Å². The molecular weight excluding hydrogens is 270 g/mol. The highest BCUT2D eigenvalue weighted by atomic mass is 32.1. The van der Waals surface area contributed by atoms with Crippen molar-refractivity contribution in [2.75, 3.05) is 6.61 Å². The molecule has 0 saturated carbocycles. The van der Waals surface area contributed by atoms with Gasteiger partial charge in [0.05, 0.1) is 17.7 Å². The largest absolute Gasteiger partial charge is 0.494 e. The van der Waals surface area contributed by atoms with Crippen molar-refractivity contribution in [2.45, 2.75) is 39.2 Å². The van der Waals surface area contributed by atoms with Crippen LogP contribution in [0.2, 0.25) is 0 Å². The van der Waals surface area contributed by atoms with Crippen molar-refractivity contribution in [3.63, 3.8) is 0 Å². The van der Waals surface area contributed by atoms with E-state index >= 15 is 0 Å². The van der Waals surface area contributed by atoms with Crippen LogP contribution >= 0.6 is 11.3 Å². The molecule has 0 bridgehead atoms. The van der Waals surface area contributed by atoms with Gasteiger partial charge in [-0.1, -0.05) is 25.5 Å². The van der Waals surface area contributed by atoms with E-state index in [0.29, 0.717) is 6.42 Å². The number of hydrogen-bond acceptors (Lipinski definition) is 4. The molecule has 0 spiro atoms. The molecule has 0 fully saturated rings. The molecule has 108 valence electrons. The number of aliphatic hydroxyl groups excluding tert-OH is 1. The molecule has 0 aliphatic rings. The third-order valence-corrected chi connectivity index (χ3v) is 4.06. The van der Waals surface area contributed by atoms with E-state index in [1.807, 2.05) is 36.6 Å². The number of ether oxygens (including phenoxy) is 1. The van der Waals surface area contributed by atoms with Crippen LogP contribution in [0.25, 0.3) is 0 Å². The third-order valence-electron chi connectivity index (χ3n) is 3.07. The van der Waals surface area contributed by atoms with E-state index < -0.39 is 6.10 Å². The van der Waals surface area contributed by atoms with Crippen molar-refractivity contribution in [2.24, 2.45) is 0 Å². The lowest BCUT2D eigenvalue weighted by molar-refractivity contribution is 0.178. The maximum absolute atomic E-state index is 10.2. The molecule has 1 aromatic heterocycles. The lowest BCUT2D eigenvalue weighted by atomic mass is 10.1. The average Bonchev–Trinajstić information content (AvgIpc) is 2.85. The summed E-state index contributed by atoms with van der Waals surface area (Å²) < 4.78 is 5.61. The summed E-state index contributed by atoms with van der Waals surface area (Å²) in [7, 11) is 0. The zero-order chi connectivity index (χ0) is 14.4. The normalized spacial score (nSPS) is 12.3. The standard InChI is InChI=1S/C16H21NO2S/c1-3-4-9-19-14-7-5-13(6-8-14)15(18)10-16-17-12(2)11-20-16/h5-8,11,15,18H,3-4,9-10H2,1-2H3. The highest BCUT2D eigenvalue weighted by Gasteiger charge is 2.11. The summed E-state index contributed by atoms with van der Waals surface area (Å²) in [5.74, 6) is 0.861. The maximum atomic E-state index is 10.2. The fraction of sp³-hybridized carbons (Fsp3) is 0.438. The number of aromatic nitrogens is 1. The first kappa shape index (κ1) is 15.0. The number of rotatable bonds is 7. The summed E-state index contributed by atoms with van der Waals surface area (Å²) in [5, 5.41) is 13.2. The van der Waals surface area contributed by atoms with E-state index in [2.05, 4.69) is 11.9 Å². The Bertz CT molecular complexity index is 522. The second-order valence-electron chi connectivity index (χ2n) is 4.87. The van der Waals surface area contributed by atoms with Crippen molar-refractivity contribution in [3.05, 3.63) is 45.9 Å². The molecule has 0 radical (unpaired) electrons. The van der Waals surface area contributed by atoms with E-state index in [1.54, 1.807) is 11.3 Å². The quantitative estimate of drug-likeness (QED) is 0.787. The summed E-state index contributed by atoms with van der Waals surface area (Å²) in [5.41, 5.74) is 1.91. The minimum absolute atomic E-state index is 0.509. The Kier molecular flexibility index (Phi) is 5.56. The molecule has 2 rings (SSSR count). The van der Waals surface area contributed by atoms with E-state index in [-0.39, 0.29) is 0 Å². The number of unbranched alkanes of at least 4 members (excludes halogenated alkanes) is 1. The van der Waals surface area contributed by atoms with Gasteiger partial charge in [-0.15, -0.1) is 11.3 Å². The first-order valence-electron chi connectivity index (χ1n) is 7.01. The predicted octanol–water partition coefficient (Wildman–Crippen LogP) is 3.91. The highest BCUT2D eigenvalue weighted by Crippen LogP contribution is 2.22. The minimum Gasteiger partial charge on any atom is -0.494 e. The van der Waals surface area contributed by atoms with Crippen molar-refractivity contribution in [1.29, 1.82) is 0 Å². The molecule has 1 heterocycles. The Hall–Kier alpha value is -1.39. The van der Waals surface area contributed by atoms with E-state index in [0.717, 1.165) is 41.5 Å². The van der Waals surface area contributed by atoms with Crippen LogP contribution in [0.5, 0.6) is 5.75 Å². The monoisotopic (exact) mass is 291 g/mol. The van der Waals surface area contributed by atoms with Crippen LogP contribution in [0.4, 0.5) is 0 Å². The van der Waals surface area contributed by atoms with Gasteiger partial charge >= 0.3 is 0 Å². The van der Waals surface area contributed by atoms with Gasteiger partial charge in [-0.3, -0.25) is 0 Å². The van der Waals surface area contributed by atoms with Crippen molar-refractivity contribution in [3.8, 4) is 5.75 Å². The first-order chi connectivity index (χ1) is 9.69. The molecule has 0 saturated heterocycles. The van der Waals surface area contributed by atoms with E-state index in [1.165, 1.54) is 0 Å². The van der Waals surface area contributed by atoms with Gasteiger partial charge in [0.15, 0.2) is 0 Å². The highest BCUT2D eigenvalue weighted by molar-refractivity contribution is 7.09. The topological polar surface area (TPSA) is 42.4 Å². The molecule has 20 heavy (non-hydrogen) atoms. The lowest BCUT2D eigenvalue weighted by Gasteiger charge is -2.11. The fourth-order valence-corrected chi connectivity index (χ4v) is 2.71. The van der Waals surface area contributed by atoms with Gasteiger partial charge < -0.3 is 9.84 Å². The van der Waals surface area contributed by atoms with Gasteiger partial charge in [0.1, 0.15) is 5.75 Å². The Balaban J connectivity index is 1.91. The number of nitrogens with zero attached hydrogens (tertiary/aromatic N) is 1. The van der Waals surface area contributed by atoms with Crippen LogP contribution in [0.1, 0.15) is 42.1 Å². The van der Waals surface area contributed by atoms with Gasteiger partial charge in [-0.05, 0) is 31.0 Å². The predicted molar refractivity (Wildman–Crippen MR) is 82.4 cm³/mol. The van der Waals surface area contributed by atoms with E-state index in [4.69, 9.17) is 4.74 Å². The fourth-order valence-electron chi connectivity index (χ4n) is 1.90. The van der Waals surface area contributed by atoms with Gasteiger partial charge in [0, 0.05) is 17.5 Å². The zero-order valence-corrected chi connectivity index (χ0v) is 12.8.